The van der Waals surface area contributed by atoms with Gasteiger partial charge in [-0.3, -0.25) is 4.98 Å². The van der Waals surface area contributed by atoms with E-state index in [-0.39, 0.29) is 6.61 Å². The fraction of sp³-hybridized carbons (Fsp3) is 0.364. The molecule has 0 unspecified atom stereocenters. The zero-order valence-electron chi connectivity index (χ0n) is 16.9. The van der Waals surface area contributed by atoms with Crippen LogP contribution in [0.2, 0.25) is 5.02 Å². The van der Waals surface area contributed by atoms with Crippen LogP contribution in [0.4, 0.5) is 5.69 Å². The van der Waals surface area contributed by atoms with Crippen molar-refractivity contribution < 1.29 is 9.84 Å². The number of anilines is 1. The van der Waals surface area contributed by atoms with E-state index in [2.05, 4.69) is 34.0 Å². The minimum Gasteiger partial charge on any atom is -0.439 e. The number of nitrogens with one attached hydrogen (secondary N) is 1. The highest BCUT2D eigenvalue weighted by molar-refractivity contribution is 6.30. The molecule has 0 amide bonds. The second-order valence-corrected chi connectivity index (χ2v) is 7.13. The van der Waals surface area contributed by atoms with Crippen LogP contribution >= 0.6 is 11.6 Å². The largest absolute Gasteiger partial charge is 0.439 e. The van der Waals surface area contributed by atoms with Crippen LogP contribution in [-0.2, 0) is 6.61 Å². The molecule has 2 N–H and O–H groups in total. The van der Waals surface area contributed by atoms with E-state index in [0.29, 0.717) is 22.2 Å². The number of benzene rings is 1. The van der Waals surface area contributed by atoms with E-state index < -0.39 is 0 Å². The molecule has 2 aromatic heterocycles. The molecule has 154 valence electrons. The molecule has 0 aliphatic heterocycles. The van der Waals surface area contributed by atoms with Crippen LogP contribution in [-0.4, -0.2) is 46.2 Å². The summed E-state index contributed by atoms with van der Waals surface area (Å²) in [7, 11) is 0. The highest BCUT2D eigenvalue weighted by Crippen LogP contribution is 2.28. The quantitative estimate of drug-likeness (QED) is 0.468. The highest BCUT2D eigenvalue weighted by atomic mass is 35.5. The van der Waals surface area contributed by atoms with Gasteiger partial charge >= 0.3 is 0 Å². The summed E-state index contributed by atoms with van der Waals surface area (Å²) in [5.41, 5.74) is 2.96. The van der Waals surface area contributed by atoms with Gasteiger partial charge in [0.05, 0.1) is 17.8 Å². The zero-order chi connectivity index (χ0) is 20.6. The van der Waals surface area contributed by atoms with Crippen molar-refractivity contribution in [3.8, 4) is 11.6 Å². The Morgan fingerprint density at radius 2 is 1.86 bits per heavy atom. The van der Waals surface area contributed by atoms with Crippen LogP contribution in [0.15, 0.2) is 42.6 Å². The summed E-state index contributed by atoms with van der Waals surface area (Å²) in [6, 6.07) is 10.8. The third kappa shape index (κ3) is 5.56. The number of fused-ring (bicyclic) bond motifs is 1. The van der Waals surface area contributed by atoms with E-state index in [1.165, 1.54) is 0 Å². The fourth-order valence-electron chi connectivity index (χ4n) is 3.14. The maximum absolute atomic E-state index is 9.77. The molecule has 2 heterocycles. The monoisotopic (exact) mass is 414 g/mol. The summed E-state index contributed by atoms with van der Waals surface area (Å²) in [4.78, 5) is 11.4. The van der Waals surface area contributed by atoms with Gasteiger partial charge in [0, 0.05) is 29.4 Å². The van der Waals surface area contributed by atoms with Crippen molar-refractivity contribution in [2.24, 2.45) is 0 Å². The minimum atomic E-state index is -0.106. The minimum absolute atomic E-state index is 0.106. The maximum atomic E-state index is 9.77. The molecule has 0 aliphatic carbocycles. The first-order chi connectivity index (χ1) is 14.1. The molecular weight excluding hydrogens is 388 g/mol. The SMILES string of the molecule is CCN(CC)CCCNc1c(CO)cnc2ccc(Oc3ccc(Cl)cc3)nc12. The molecular formula is C22H27ClN4O2. The van der Waals surface area contributed by atoms with Gasteiger partial charge < -0.3 is 20.1 Å². The second-order valence-electron chi connectivity index (χ2n) is 6.70. The lowest BCUT2D eigenvalue weighted by molar-refractivity contribution is 0.282. The molecule has 0 fully saturated rings. The van der Waals surface area contributed by atoms with E-state index in [1.54, 1.807) is 36.5 Å². The number of halogens is 1. The van der Waals surface area contributed by atoms with Crippen LogP contribution in [0.25, 0.3) is 11.0 Å². The topological polar surface area (TPSA) is 70.5 Å². The molecule has 3 rings (SSSR count). The van der Waals surface area contributed by atoms with Gasteiger partial charge in [-0.1, -0.05) is 25.4 Å². The number of pyridine rings is 2. The lowest BCUT2D eigenvalue weighted by Crippen LogP contribution is -2.25. The first-order valence-corrected chi connectivity index (χ1v) is 10.3. The number of hydrogen-bond donors (Lipinski definition) is 2. The average molecular weight is 415 g/mol. The maximum Gasteiger partial charge on any atom is 0.219 e. The van der Waals surface area contributed by atoms with E-state index in [4.69, 9.17) is 16.3 Å². The number of ether oxygens (including phenoxy) is 1. The molecule has 29 heavy (non-hydrogen) atoms. The van der Waals surface area contributed by atoms with Crippen LogP contribution < -0.4 is 10.1 Å². The Morgan fingerprint density at radius 1 is 1.10 bits per heavy atom. The Balaban J connectivity index is 1.81. The third-order valence-corrected chi connectivity index (χ3v) is 5.07. The Kier molecular flexibility index (Phi) is 7.63. The van der Waals surface area contributed by atoms with Gasteiger partial charge in [0.25, 0.3) is 0 Å². The molecule has 7 heteroatoms. The summed E-state index contributed by atoms with van der Waals surface area (Å²) >= 11 is 5.93. The van der Waals surface area contributed by atoms with Gasteiger partial charge in [0.2, 0.25) is 5.88 Å². The summed E-state index contributed by atoms with van der Waals surface area (Å²) in [6.07, 6.45) is 2.69. The van der Waals surface area contributed by atoms with Gasteiger partial charge in [-0.15, -0.1) is 0 Å². The molecule has 0 aliphatic rings. The van der Waals surface area contributed by atoms with Crippen LogP contribution in [0.3, 0.4) is 0 Å². The predicted molar refractivity (Wildman–Crippen MR) is 118 cm³/mol. The molecule has 0 bridgehead atoms. The Hall–Kier alpha value is -2.41. The van der Waals surface area contributed by atoms with Gasteiger partial charge in [-0.2, -0.15) is 0 Å². The van der Waals surface area contributed by atoms with Gasteiger partial charge in [0.1, 0.15) is 11.3 Å². The summed E-state index contributed by atoms with van der Waals surface area (Å²) < 4.78 is 5.86. The smallest absolute Gasteiger partial charge is 0.219 e. The Morgan fingerprint density at radius 3 is 2.55 bits per heavy atom. The van der Waals surface area contributed by atoms with Crippen molar-refractivity contribution in [3.63, 3.8) is 0 Å². The molecule has 0 saturated carbocycles. The van der Waals surface area contributed by atoms with E-state index in [0.717, 1.165) is 49.4 Å². The molecule has 3 aromatic rings. The Labute approximate surface area is 176 Å². The zero-order valence-corrected chi connectivity index (χ0v) is 17.6. The first-order valence-electron chi connectivity index (χ1n) is 9.93. The normalized spacial score (nSPS) is 11.2. The van der Waals surface area contributed by atoms with Gasteiger partial charge in [-0.05, 0) is 56.4 Å². The van der Waals surface area contributed by atoms with E-state index >= 15 is 0 Å². The van der Waals surface area contributed by atoms with E-state index in [9.17, 15) is 5.11 Å². The molecule has 0 radical (unpaired) electrons. The number of aromatic nitrogens is 2. The number of nitrogens with zero attached hydrogens (tertiary/aromatic N) is 3. The van der Waals surface area contributed by atoms with Gasteiger partial charge in [0.15, 0.2) is 0 Å². The van der Waals surface area contributed by atoms with Crippen molar-refractivity contribution in [3.05, 3.63) is 53.2 Å². The summed E-state index contributed by atoms with van der Waals surface area (Å²) in [6.45, 7) is 8.13. The number of aliphatic hydroxyl groups excluding tert-OH is 1. The number of rotatable bonds is 10. The fourth-order valence-corrected chi connectivity index (χ4v) is 3.27. The van der Waals surface area contributed by atoms with E-state index in [1.807, 2.05) is 6.07 Å². The van der Waals surface area contributed by atoms with Crippen molar-refractivity contribution in [1.82, 2.24) is 14.9 Å². The van der Waals surface area contributed by atoms with Crippen LogP contribution in [0.5, 0.6) is 11.6 Å². The van der Waals surface area contributed by atoms with Crippen LogP contribution in [0, 0.1) is 0 Å². The van der Waals surface area contributed by atoms with Crippen molar-refractivity contribution in [2.45, 2.75) is 26.9 Å². The standard InChI is InChI=1S/C22H27ClN4O2/c1-3-27(4-2)13-5-12-24-21-16(15-28)14-25-19-10-11-20(26-22(19)21)29-18-8-6-17(23)7-9-18/h6-11,14,28H,3-5,12-13,15H2,1-2H3,(H,24,25). The van der Waals surface area contributed by atoms with Crippen LogP contribution in [0.1, 0.15) is 25.8 Å². The molecule has 0 atom stereocenters. The number of hydrogen-bond acceptors (Lipinski definition) is 6. The molecule has 0 spiro atoms. The first kappa shape index (κ1) is 21.3. The molecule has 6 nitrogen and oxygen atoms in total. The molecule has 1 aromatic carbocycles. The average Bonchev–Trinajstić information content (AvgIpc) is 2.75. The Bertz CT molecular complexity index is 930. The number of aliphatic hydroxyl groups is 1. The van der Waals surface area contributed by atoms with Crippen molar-refractivity contribution >= 4 is 28.3 Å². The second kappa shape index (κ2) is 10.4. The third-order valence-electron chi connectivity index (χ3n) is 4.82. The summed E-state index contributed by atoms with van der Waals surface area (Å²) in [5, 5.41) is 13.9. The highest BCUT2D eigenvalue weighted by Gasteiger charge is 2.12. The summed E-state index contributed by atoms with van der Waals surface area (Å²) in [5.74, 6) is 1.11. The lowest BCUT2D eigenvalue weighted by atomic mass is 10.2. The lowest BCUT2D eigenvalue weighted by Gasteiger charge is -2.19. The van der Waals surface area contributed by atoms with Crippen molar-refractivity contribution in [1.29, 1.82) is 0 Å². The van der Waals surface area contributed by atoms with Crippen molar-refractivity contribution in [2.75, 3.05) is 31.5 Å². The predicted octanol–water partition coefficient (Wildman–Crippen LogP) is 4.71. The van der Waals surface area contributed by atoms with Gasteiger partial charge in [-0.25, -0.2) is 4.98 Å². The molecule has 0 saturated heterocycles.